The molecule has 0 aromatic carbocycles. The lowest BCUT2D eigenvalue weighted by atomic mass is 10.0. The Kier molecular flexibility index (Phi) is 44.1. The second kappa shape index (κ2) is 46.0. The Balaban J connectivity index is 3.87. The van der Waals surface area contributed by atoms with Crippen molar-refractivity contribution in [3.05, 3.63) is 48.6 Å². The summed E-state index contributed by atoms with van der Waals surface area (Å²) in [4.78, 5) is 46.1. The van der Waals surface area contributed by atoms with Crippen LogP contribution in [0.25, 0.3) is 0 Å². The van der Waals surface area contributed by atoms with Gasteiger partial charge in [0.15, 0.2) is 6.04 Å². The van der Waals surface area contributed by atoms with Crippen molar-refractivity contribution >= 4 is 25.7 Å². The van der Waals surface area contributed by atoms with Gasteiger partial charge in [-0.25, -0.2) is 9.36 Å². The summed E-state index contributed by atoms with van der Waals surface area (Å²) in [5, 5.41) is 21.9. The molecule has 0 aliphatic rings. The molecule has 0 rings (SSSR count). The van der Waals surface area contributed by atoms with E-state index in [4.69, 9.17) is 13.8 Å². The third kappa shape index (κ3) is 45.8. The van der Waals surface area contributed by atoms with Gasteiger partial charge in [-0.15, -0.1) is 0 Å². The van der Waals surface area contributed by atoms with Crippen LogP contribution in [0, 0.1) is 0 Å². The third-order valence-electron chi connectivity index (χ3n) is 10.9. The zero-order valence-corrected chi connectivity index (χ0v) is 40.8. The van der Waals surface area contributed by atoms with Gasteiger partial charge in [-0.2, -0.15) is 0 Å². The van der Waals surface area contributed by atoms with Gasteiger partial charge >= 0.3 is 19.8 Å². The molecule has 0 aromatic rings. The number of carboxylic acids is 1. The number of unbranched alkanes of at least 4 members (excludes halogenated alkanes) is 25. The Morgan fingerprint density at radius 3 is 1.33 bits per heavy atom. The van der Waals surface area contributed by atoms with E-state index in [1.807, 2.05) is 12.2 Å². The van der Waals surface area contributed by atoms with Crippen LogP contribution < -0.4 is 5.32 Å². The van der Waals surface area contributed by atoms with E-state index in [1.54, 1.807) is 0 Å². The summed E-state index contributed by atoms with van der Waals surface area (Å²) in [6.07, 6.45) is 52.9. The number of esters is 1. The van der Waals surface area contributed by atoms with Crippen molar-refractivity contribution in [1.82, 2.24) is 5.32 Å². The van der Waals surface area contributed by atoms with Crippen molar-refractivity contribution in [2.45, 2.75) is 238 Å². The van der Waals surface area contributed by atoms with Crippen LogP contribution in [0.15, 0.2) is 48.6 Å². The van der Waals surface area contributed by atoms with Crippen LogP contribution in [-0.4, -0.2) is 64.9 Å². The van der Waals surface area contributed by atoms with Crippen molar-refractivity contribution in [1.29, 1.82) is 0 Å². The standard InChI is InChI=1S/C51H92NO10P/c1-3-5-7-9-11-13-15-17-19-21-22-23-24-25-27-28-30-32-34-36-38-40-42-49(54)52-48(51(56)57)46-62-63(58,59)61-45-47(53)44-60-50(55)43-41-39-37-35-33-31-29-26-20-18-16-14-12-10-8-6-4-2/h12,14,18,20,29,31,35,37,47-48,53H,3-11,13,15-17,19,21-28,30,32-34,36,38-46H2,1-2H3,(H,52,54)(H,56,57)(H,58,59)/b14-12-,20-18-,31-29-,37-35-. The summed E-state index contributed by atoms with van der Waals surface area (Å²) < 4.78 is 26.9. The van der Waals surface area contributed by atoms with E-state index in [1.165, 1.54) is 135 Å². The summed E-state index contributed by atoms with van der Waals surface area (Å²) in [7, 11) is -4.77. The highest BCUT2D eigenvalue weighted by atomic mass is 31.2. The predicted molar refractivity (Wildman–Crippen MR) is 259 cm³/mol. The lowest BCUT2D eigenvalue weighted by Gasteiger charge is -2.18. The number of ether oxygens (including phenoxy) is 1. The van der Waals surface area contributed by atoms with E-state index >= 15 is 0 Å². The molecular weight excluding hydrogens is 818 g/mol. The number of carbonyl (C=O) groups is 3. The van der Waals surface area contributed by atoms with Crippen LogP contribution in [0.1, 0.15) is 226 Å². The zero-order chi connectivity index (χ0) is 46.3. The number of carboxylic acid groups (broad SMARTS) is 1. The molecule has 0 bridgehead atoms. The summed E-state index contributed by atoms with van der Waals surface area (Å²) in [5.41, 5.74) is 0. The minimum absolute atomic E-state index is 0.144. The topological polar surface area (TPSA) is 169 Å². The fraction of sp³-hybridized carbons (Fsp3) is 0.784. The first-order valence-corrected chi connectivity index (χ1v) is 26.7. The number of aliphatic carboxylic acids is 1. The van der Waals surface area contributed by atoms with Gasteiger partial charge in [0.05, 0.1) is 13.2 Å². The Morgan fingerprint density at radius 1 is 0.508 bits per heavy atom. The molecule has 4 N–H and O–H groups in total. The lowest BCUT2D eigenvalue weighted by molar-refractivity contribution is -0.147. The first kappa shape index (κ1) is 60.4. The smallest absolute Gasteiger partial charge is 0.472 e. The molecule has 0 aromatic heterocycles. The van der Waals surface area contributed by atoms with Crippen LogP contribution in [0.5, 0.6) is 0 Å². The average molecular weight is 910 g/mol. The normalized spacial score (nSPS) is 14.0. The number of phosphoric acid groups is 1. The molecule has 1 amide bonds. The molecule has 0 fully saturated rings. The van der Waals surface area contributed by atoms with E-state index in [2.05, 4.69) is 55.6 Å². The number of carbonyl (C=O) groups excluding carboxylic acids is 2. The highest BCUT2D eigenvalue weighted by Gasteiger charge is 2.28. The van der Waals surface area contributed by atoms with Crippen LogP contribution in [0.2, 0.25) is 0 Å². The predicted octanol–water partition coefficient (Wildman–Crippen LogP) is 13.7. The minimum atomic E-state index is -4.77. The third-order valence-corrected chi connectivity index (χ3v) is 11.8. The summed E-state index contributed by atoms with van der Waals surface area (Å²) in [5.74, 6) is -2.43. The Morgan fingerprint density at radius 2 is 0.889 bits per heavy atom. The van der Waals surface area contributed by atoms with Crippen LogP contribution in [0.3, 0.4) is 0 Å². The van der Waals surface area contributed by atoms with Crippen LogP contribution in [0.4, 0.5) is 0 Å². The van der Waals surface area contributed by atoms with Crippen molar-refractivity contribution in [2.75, 3.05) is 19.8 Å². The number of nitrogens with one attached hydrogen (secondary N) is 1. The van der Waals surface area contributed by atoms with Gasteiger partial charge in [-0.1, -0.05) is 210 Å². The number of aliphatic hydroxyl groups is 1. The maximum atomic E-state index is 12.4. The molecule has 0 aliphatic carbocycles. The second-order valence-electron chi connectivity index (χ2n) is 17.0. The maximum absolute atomic E-state index is 12.4. The number of phosphoric ester groups is 1. The molecule has 0 saturated heterocycles. The number of rotatable bonds is 47. The van der Waals surface area contributed by atoms with Crippen molar-refractivity contribution in [3.8, 4) is 0 Å². The SMILES string of the molecule is CCCCC/C=C\C/C=C\C/C=C\C/C=C\CCCC(=O)OCC(O)COP(=O)(O)OCC(NC(=O)CCCCCCCCCCCCCCCCCCCCCCCC)C(=O)O. The fourth-order valence-corrected chi connectivity index (χ4v) is 7.73. The molecule has 12 heteroatoms. The molecule has 11 nitrogen and oxygen atoms in total. The maximum Gasteiger partial charge on any atom is 0.472 e. The van der Waals surface area contributed by atoms with Crippen molar-refractivity contribution < 1.29 is 47.8 Å². The molecular formula is C51H92NO10P. The number of hydrogen-bond donors (Lipinski definition) is 4. The van der Waals surface area contributed by atoms with Gasteiger partial charge in [0, 0.05) is 12.8 Å². The van der Waals surface area contributed by atoms with Gasteiger partial charge < -0.3 is 25.2 Å². The van der Waals surface area contributed by atoms with Crippen LogP contribution in [-0.2, 0) is 32.7 Å². The summed E-state index contributed by atoms with van der Waals surface area (Å²) >= 11 is 0. The fourth-order valence-electron chi connectivity index (χ4n) is 6.96. The van der Waals surface area contributed by atoms with E-state index < -0.39 is 57.6 Å². The highest BCUT2D eigenvalue weighted by molar-refractivity contribution is 7.47. The number of hydrogen-bond acceptors (Lipinski definition) is 8. The number of allylic oxidation sites excluding steroid dienone is 8. The number of amides is 1. The molecule has 0 radical (unpaired) electrons. The minimum Gasteiger partial charge on any atom is -0.480 e. The average Bonchev–Trinajstić information content (AvgIpc) is 3.26. The molecule has 0 spiro atoms. The highest BCUT2D eigenvalue weighted by Crippen LogP contribution is 2.43. The Hall–Kier alpha value is -2.56. The van der Waals surface area contributed by atoms with Gasteiger partial charge in [0.2, 0.25) is 5.91 Å². The monoisotopic (exact) mass is 910 g/mol. The molecule has 63 heavy (non-hydrogen) atoms. The molecule has 0 heterocycles. The Bertz CT molecular complexity index is 1250. The molecule has 0 saturated carbocycles. The van der Waals surface area contributed by atoms with E-state index in [-0.39, 0.29) is 12.8 Å². The molecule has 3 atom stereocenters. The van der Waals surface area contributed by atoms with E-state index in [0.29, 0.717) is 19.3 Å². The van der Waals surface area contributed by atoms with Gasteiger partial charge in [-0.3, -0.25) is 18.6 Å². The first-order valence-electron chi connectivity index (χ1n) is 25.2. The van der Waals surface area contributed by atoms with Gasteiger partial charge in [-0.05, 0) is 51.4 Å². The molecule has 366 valence electrons. The number of aliphatic hydroxyl groups excluding tert-OH is 1. The second-order valence-corrected chi connectivity index (χ2v) is 18.5. The van der Waals surface area contributed by atoms with Gasteiger partial charge in [0.25, 0.3) is 0 Å². The van der Waals surface area contributed by atoms with Crippen molar-refractivity contribution in [2.24, 2.45) is 0 Å². The lowest BCUT2D eigenvalue weighted by Crippen LogP contribution is -2.43. The van der Waals surface area contributed by atoms with E-state index in [0.717, 1.165) is 44.9 Å². The summed E-state index contributed by atoms with van der Waals surface area (Å²) in [6.45, 7) is 2.54. The zero-order valence-electron chi connectivity index (χ0n) is 39.9. The molecule has 3 unspecified atom stereocenters. The van der Waals surface area contributed by atoms with E-state index in [9.17, 15) is 34.1 Å². The first-order chi connectivity index (χ1) is 30.6. The Labute approximate surface area is 384 Å². The van der Waals surface area contributed by atoms with Crippen LogP contribution >= 0.6 is 7.82 Å². The van der Waals surface area contributed by atoms with Crippen molar-refractivity contribution in [3.63, 3.8) is 0 Å². The largest absolute Gasteiger partial charge is 0.480 e. The van der Waals surface area contributed by atoms with Gasteiger partial charge in [0.1, 0.15) is 12.7 Å². The molecule has 0 aliphatic heterocycles. The quantitative estimate of drug-likeness (QED) is 0.0200. The summed E-state index contributed by atoms with van der Waals surface area (Å²) in [6, 6.07) is -1.55.